The minimum absolute atomic E-state index is 0.226. The van der Waals surface area contributed by atoms with Crippen molar-refractivity contribution in [2.24, 2.45) is 11.7 Å². The molecule has 0 saturated heterocycles. The minimum Gasteiger partial charge on any atom is -0.466 e. The number of ether oxygens (including phenoxy) is 1. The van der Waals surface area contributed by atoms with Crippen LogP contribution in [0.5, 0.6) is 5.75 Å². The van der Waals surface area contributed by atoms with Crippen LogP contribution in [-0.2, 0) is 4.79 Å². The van der Waals surface area contributed by atoms with Gasteiger partial charge in [0.05, 0.1) is 5.92 Å². The molecule has 0 aliphatic carbocycles. The Balaban J connectivity index is 2.73. The summed E-state index contributed by atoms with van der Waals surface area (Å²) in [4.78, 5) is 11.3. The zero-order valence-corrected chi connectivity index (χ0v) is 8.53. The van der Waals surface area contributed by atoms with Crippen molar-refractivity contribution < 1.29 is 13.9 Å². The van der Waals surface area contributed by atoms with Crippen LogP contribution in [0.25, 0.3) is 0 Å². The number of hydrogen-bond acceptors (Lipinski definition) is 4. The van der Waals surface area contributed by atoms with E-state index in [4.69, 9.17) is 20.3 Å². The van der Waals surface area contributed by atoms with Crippen molar-refractivity contribution in [1.29, 1.82) is 5.41 Å². The number of hydrogen-bond donors (Lipinski definition) is 3. The first-order valence-corrected chi connectivity index (χ1v) is 4.39. The molecular weight excluding hydrogens is 198 g/mol. The Kier molecular flexibility index (Phi) is 3.33. The molecule has 1 heterocycles. The molecule has 0 aliphatic heterocycles. The highest BCUT2D eigenvalue weighted by molar-refractivity contribution is 5.91. The maximum atomic E-state index is 11.3. The number of esters is 1. The van der Waals surface area contributed by atoms with E-state index in [0.29, 0.717) is 5.69 Å². The molecule has 0 radical (unpaired) electrons. The van der Waals surface area contributed by atoms with Crippen LogP contribution in [0.4, 0.5) is 5.69 Å². The van der Waals surface area contributed by atoms with E-state index in [1.807, 2.05) is 0 Å². The second-order valence-corrected chi connectivity index (χ2v) is 3.26. The van der Waals surface area contributed by atoms with Crippen molar-refractivity contribution >= 4 is 17.6 Å². The van der Waals surface area contributed by atoms with E-state index in [1.54, 1.807) is 13.8 Å². The van der Waals surface area contributed by atoms with Gasteiger partial charge in [-0.15, -0.1) is 0 Å². The fourth-order valence-corrected chi connectivity index (χ4v) is 0.827. The lowest BCUT2D eigenvalue weighted by Crippen LogP contribution is -2.21. The summed E-state index contributed by atoms with van der Waals surface area (Å²) in [7, 11) is 0. The number of guanidine groups is 1. The number of nitrogens with one attached hydrogen (secondary N) is 2. The molecule has 1 aromatic heterocycles. The largest absolute Gasteiger partial charge is 0.466 e. The summed E-state index contributed by atoms with van der Waals surface area (Å²) in [6.07, 6.45) is 2.58. The van der Waals surface area contributed by atoms with Gasteiger partial charge in [0, 0.05) is 0 Å². The van der Waals surface area contributed by atoms with Gasteiger partial charge in [-0.2, -0.15) is 0 Å². The Morgan fingerprint density at radius 1 is 1.60 bits per heavy atom. The summed E-state index contributed by atoms with van der Waals surface area (Å²) >= 11 is 0. The molecule has 0 unspecified atom stereocenters. The third-order valence-electron chi connectivity index (χ3n) is 1.58. The Morgan fingerprint density at radius 2 is 2.27 bits per heavy atom. The molecular formula is C9H13N3O3. The number of carbonyl (C=O) groups is 1. The summed E-state index contributed by atoms with van der Waals surface area (Å²) in [5.74, 6) is -0.629. The minimum atomic E-state index is -0.372. The highest BCUT2D eigenvalue weighted by Gasteiger charge is 2.14. The molecule has 6 nitrogen and oxygen atoms in total. The maximum Gasteiger partial charge on any atom is 0.313 e. The predicted molar refractivity (Wildman–Crippen MR) is 54.7 cm³/mol. The molecule has 6 heteroatoms. The fraction of sp³-hybridized carbons (Fsp3) is 0.333. The van der Waals surface area contributed by atoms with E-state index in [0.717, 1.165) is 0 Å². The zero-order chi connectivity index (χ0) is 11.4. The molecule has 1 rings (SSSR count). The molecule has 0 atom stereocenters. The summed E-state index contributed by atoms with van der Waals surface area (Å²) in [6, 6.07) is 0. The van der Waals surface area contributed by atoms with Gasteiger partial charge in [0.2, 0.25) is 0 Å². The monoisotopic (exact) mass is 211 g/mol. The summed E-state index contributed by atoms with van der Waals surface area (Å²) < 4.78 is 9.84. The van der Waals surface area contributed by atoms with Crippen molar-refractivity contribution in [3.05, 3.63) is 12.5 Å². The average molecular weight is 211 g/mol. The molecule has 0 spiro atoms. The van der Waals surface area contributed by atoms with E-state index in [9.17, 15) is 4.79 Å². The lowest BCUT2D eigenvalue weighted by molar-refractivity contribution is -0.137. The van der Waals surface area contributed by atoms with Crippen LogP contribution < -0.4 is 15.8 Å². The molecule has 0 aliphatic rings. The first kappa shape index (κ1) is 11.1. The molecule has 15 heavy (non-hydrogen) atoms. The van der Waals surface area contributed by atoms with Crippen LogP contribution in [0.3, 0.4) is 0 Å². The maximum absolute atomic E-state index is 11.3. The van der Waals surface area contributed by atoms with Crippen molar-refractivity contribution in [2.75, 3.05) is 5.32 Å². The summed E-state index contributed by atoms with van der Waals surface area (Å²) in [6.45, 7) is 3.45. The van der Waals surface area contributed by atoms with Gasteiger partial charge in [0.15, 0.2) is 11.7 Å². The van der Waals surface area contributed by atoms with Gasteiger partial charge in [-0.05, 0) is 0 Å². The third-order valence-corrected chi connectivity index (χ3v) is 1.58. The molecule has 0 fully saturated rings. The molecule has 0 saturated carbocycles. The van der Waals surface area contributed by atoms with Crippen molar-refractivity contribution in [3.8, 4) is 5.75 Å². The second kappa shape index (κ2) is 4.50. The van der Waals surface area contributed by atoms with Crippen molar-refractivity contribution in [1.82, 2.24) is 0 Å². The van der Waals surface area contributed by atoms with Gasteiger partial charge < -0.3 is 20.2 Å². The normalized spacial score (nSPS) is 10.1. The second-order valence-electron chi connectivity index (χ2n) is 3.26. The first-order chi connectivity index (χ1) is 7.00. The summed E-state index contributed by atoms with van der Waals surface area (Å²) in [5, 5.41) is 9.51. The van der Waals surface area contributed by atoms with E-state index in [-0.39, 0.29) is 23.6 Å². The lowest BCUT2D eigenvalue weighted by atomic mass is 10.2. The average Bonchev–Trinajstić information content (AvgIpc) is 2.51. The van der Waals surface area contributed by atoms with Gasteiger partial charge in [-0.25, -0.2) is 0 Å². The number of carbonyl (C=O) groups excluding carboxylic acids is 1. The van der Waals surface area contributed by atoms with Crippen LogP contribution in [0.15, 0.2) is 16.9 Å². The highest BCUT2D eigenvalue weighted by atomic mass is 16.5. The van der Waals surface area contributed by atoms with Crippen LogP contribution in [0.2, 0.25) is 0 Å². The first-order valence-electron chi connectivity index (χ1n) is 4.39. The van der Waals surface area contributed by atoms with Crippen LogP contribution in [0.1, 0.15) is 13.8 Å². The van der Waals surface area contributed by atoms with Crippen LogP contribution in [-0.4, -0.2) is 11.9 Å². The third kappa shape index (κ3) is 3.01. The van der Waals surface area contributed by atoms with Gasteiger partial charge in [-0.1, -0.05) is 13.8 Å². The molecule has 1 aromatic rings. The molecule has 0 bridgehead atoms. The smallest absolute Gasteiger partial charge is 0.313 e. The van der Waals surface area contributed by atoms with Crippen LogP contribution in [0, 0.1) is 11.3 Å². The van der Waals surface area contributed by atoms with Gasteiger partial charge in [0.25, 0.3) is 0 Å². The Bertz CT molecular complexity index is 370. The molecule has 0 amide bonds. The van der Waals surface area contributed by atoms with Gasteiger partial charge >= 0.3 is 5.97 Å². The topological polar surface area (TPSA) is 101 Å². The van der Waals surface area contributed by atoms with E-state index in [2.05, 4.69) is 5.32 Å². The van der Waals surface area contributed by atoms with E-state index >= 15 is 0 Å². The quantitative estimate of drug-likeness (QED) is 0.395. The lowest BCUT2D eigenvalue weighted by Gasteiger charge is -2.06. The highest BCUT2D eigenvalue weighted by Crippen LogP contribution is 2.25. The van der Waals surface area contributed by atoms with Crippen molar-refractivity contribution in [2.45, 2.75) is 13.8 Å². The SMILES string of the molecule is CC(C)C(=O)Oc1cocc1NC(=N)N. The standard InChI is InChI=1S/C9H13N3O3/c1-5(2)8(13)15-7-4-14-3-6(7)12-9(10)11/h3-5H,1-2H3,(H4,10,11,12). The molecule has 0 aromatic carbocycles. The molecule has 4 N–H and O–H groups in total. The Morgan fingerprint density at radius 3 is 2.80 bits per heavy atom. The molecule has 82 valence electrons. The number of nitrogens with two attached hydrogens (primary N) is 1. The summed E-state index contributed by atoms with van der Waals surface area (Å²) in [5.41, 5.74) is 5.49. The Labute approximate surface area is 86.9 Å². The number of furan rings is 1. The van der Waals surface area contributed by atoms with Crippen LogP contribution >= 0.6 is 0 Å². The fourth-order valence-electron chi connectivity index (χ4n) is 0.827. The zero-order valence-electron chi connectivity index (χ0n) is 8.53. The number of anilines is 1. The van der Waals surface area contributed by atoms with E-state index in [1.165, 1.54) is 12.5 Å². The van der Waals surface area contributed by atoms with Gasteiger partial charge in [0.1, 0.15) is 18.2 Å². The van der Waals surface area contributed by atoms with Crippen molar-refractivity contribution in [3.63, 3.8) is 0 Å². The Hall–Kier alpha value is -1.98. The van der Waals surface area contributed by atoms with E-state index < -0.39 is 0 Å². The number of rotatable bonds is 3. The van der Waals surface area contributed by atoms with Gasteiger partial charge in [-0.3, -0.25) is 10.2 Å². The predicted octanol–water partition coefficient (Wildman–Crippen LogP) is 1.15.